The Kier molecular flexibility index (Phi) is 6.69. The molecule has 0 spiro atoms. The van der Waals surface area contributed by atoms with Crippen molar-refractivity contribution in [2.75, 3.05) is 0 Å². The van der Waals surface area contributed by atoms with E-state index < -0.39 is 0 Å². The van der Waals surface area contributed by atoms with E-state index in [1.807, 2.05) is 6.07 Å². The summed E-state index contributed by atoms with van der Waals surface area (Å²) in [6.07, 6.45) is 5.52. The molecule has 2 N–H and O–H groups in total. The molecule has 0 aliphatic heterocycles. The van der Waals surface area contributed by atoms with Crippen molar-refractivity contribution in [3.05, 3.63) is 35.9 Å². The highest BCUT2D eigenvalue weighted by Gasteiger charge is 2.22. The second-order valence-corrected chi connectivity index (χ2v) is 5.11. The average molecular weight is 270 g/mol. The van der Waals surface area contributed by atoms with Crippen molar-refractivity contribution in [3.8, 4) is 0 Å². The normalized spacial score (nSPS) is 25.9. The maximum absolute atomic E-state index is 10.1. The van der Waals surface area contributed by atoms with Crippen LogP contribution in [0.1, 0.15) is 50.6 Å². The third kappa shape index (κ3) is 4.27. The van der Waals surface area contributed by atoms with Crippen LogP contribution in [0.15, 0.2) is 30.3 Å². The molecule has 0 saturated heterocycles. The molecule has 3 heteroatoms. The Morgan fingerprint density at radius 3 is 2.50 bits per heavy atom. The summed E-state index contributed by atoms with van der Waals surface area (Å²) < 4.78 is 0. The van der Waals surface area contributed by atoms with Crippen LogP contribution in [-0.4, -0.2) is 17.3 Å². The molecule has 1 aliphatic carbocycles. The van der Waals surface area contributed by atoms with Gasteiger partial charge >= 0.3 is 0 Å². The summed E-state index contributed by atoms with van der Waals surface area (Å²) in [4.78, 5) is 0. The van der Waals surface area contributed by atoms with Crippen LogP contribution >= 0.6 is 12.4 Å². The fraction of sp³-hybridized carbons (Fsp3) is 0.600. The molecule has 2 rings (SSSR count). The Morgan fingerprint density at radius 1 is 1.11 bits per heavy atom. The number of halogens is 1. The first-order chi connectivity index (χ1) is 8.27. The minimum atomic E-state index is -0.177. The van der Waals surface area contributed by atoms with Gasteiger partial charge in [0.25, 0.3) is 0 Å². The maximum Gasteiger partial charge on any atom is 0.0693 e. The highest BCUT2D eigenvalue weighted by atomic mass is 35.5. The average Bonchev–Trinajstić information content (AvgIpc) is 2.56. The van der Waals surface area contributed by atoms with Crippen LogP contribution in [0.5, 0.6) is 0 Å². The monoisotopic (exact) mass is 269 g/mol. The quantitative estimate of drug-likeness (QED) is 0.824. The third-order valence-corrected chi connectivity index (χ3v) is 3.74. The molecule has 2 nitrogen and oxygen atoms in total. The van der Waals surface area contributed by atoms with Crippen LogP contribution < -0.4 is 5.32 Å². The van der Waals surface area contributed by atoms with E-state index in [1.165, 1.54) is 24.8 Å². The van der Waals surface area contributed by atoms with Gasteiger partial charge in [-0.2, -0.15) is 0 Å². The zero-order valence-corrected chi connectivity index (χ0v) is 11.8. The number of benzene rings is 1. The van der Waals surface area contributed by atoms with E-state index in [0.29, 0.717) is 6.04 Å². The molecule has 0 bridgehead atoms. The Morgan fingerprint density at radius 2 is 1.78 bits per heavy atom. The standard InChI is InChI=1S/C15H23NO.ClH/c1-12(13-8-4-2-5-9-13)16-14-10-6-3-7-11-15(14)17;/h2,4-5,8-9,12,14-17H,3,6-7,10-11H2,1H3;1H/t12-,14-,15-;/m0./s1. The second kappa shape index (κ2) is 7.78. The van der Waals surface area contributed by atoms with Crippen molar-refractivity contribution >= 4 is 12.4 Å². The molecule has 1 aliphatic rings. The predicted octanol–water partition coefficient (Wildman–Crippen LogP) is 3.45. The highest BCUT2D eigenvalue weighted by molar-refractivity contribution is 5.85. The minimum absolute atomic E-state index is 0. The number of rotatable bonds is 3. The SMILES string of the molecule is C[C@H](N[C@H]1CCCCC[C@@H]1O)c1ccccc1.Cl. The van der Waals surface area contributed by atoms with Crippen LogP contribution in [0.3, 0.4) is 0 Å². The summed E-state index contributed by atoms with van der Waals surface area (Å²) in [5.74, 6) is 0. The van der Waals surface area contributed by atoms with E-state index in [1.54, 1.807) is 0 Å². The van der Waals surface area contributed by atoms with Gasteiger partial charge in [0.15, 0.2) is 0 Å². The van der Waals surface area contributed by atoms with Crippen LogP contribution in [-0.2, 0) is 0 Å². The second-order valence-electron chi connectivity index (χ2n) is 5.11. The van der Waals surface area contributed by atoms with Crippen LogP contribution in [0.2, 0.25) is 0 Å². The Bertz CT molecular complexity index is 331. The van der Waals surface area contributed by atoms with Gasteiger partial charge in [-0.3, -0.25) is 0 Å². The lowest BCUT2D eigenvalue weighted by atomic mass is 10.0. The van der Waals surface area contributed by atoms with Crippen LogP contribution in [0.4, 0.5) is 0 Å². The van der Waals surface area contributed by atoms with Gasteiger partial charge in [0, 0.05) is 12.1 Å². The van der Waals surface area contributed by atoms with Crippen molar-refractivity contribution < 1.29 is 5.11 Å². The van der Waals surface area contributed by atoms with E-state index in [9.17, 15) is 5.11 Å². The molecule has 0 aromatic heterocycles. The van der Waals surface area contributed by atoms with Crippen molar-refractivity contribution in [1.82, 2.24) is 5.32 Å². The maximum atomic E-state index is 10.1. The van der Waals surface area contributed by atoms with Crippen molar-refractivity contribution in [2.45, 2.75) is 57.2 Å². The Labute approximate surface area is 116 Å². The molecular weight excluding hydrogens is 246 g/mol. The molecule has 102 valence electrons. The molecule has 1 aromatic rings. The summed E-state index contributed by atoms with van der Waals surface area (Å²) >= 11 is 0. The van der Waals surface area contributed by atoms with Crippen LogP contribution in [0.25, 0.3) is 0 Å². The van der Waals surface area contributed by atoms with E-state index in [4.69, 9.17) is 0 Å². The van der Waals surface area contributed by atoms with Crippen molar-refractivity contribution in [3.63, 3.8) is 0 Å². The first-order valence-corrected chi connectivity index (χ1v) is 6.76. The van der Waals surface area contributed by atoms with E-state index in [2.05, 4.69) is 36.5 Å². The molecule has 0 radical (unpaired) electrons. The number of aliphatic hydroxyl groups excluding tert-OH is 1. The summed E-state index contributed by atoms with van der Waals surface area (Å²) in [5.41, 5.74) is 1.30. The zero-order valence-electron chi connectivity index (χ0n) is 11.0. The Hall–Kier alpha value is -0.570. The van der Waals surface area contributed by atoms with Crippen molar-refractivity contribution in [1.29, 1.82) is 0 Å². The van der Waals surface area contributed by atoms with Crippen LogP contribution in [0, 0.1) is 0 Å². The number of hydrogen-bond donors (Lipinski definition) is 2. The molecule has 1 saturated carbocycles. The van der Waals surface area contributed by atoms with Gasteiger partial charge in [-0.1, -0.05) is 49.6 Å². The lowest BCUT2D eigenvalue weighted by Gasteiger charge is -2.26. The van der Waals surface area contributed by atoms with E-state index >= 15 is 0 Å². The Balaban J connectivity index is 0.00000162. The third-order valence-electron chi connectivity index (χ3n) is 3.74. The smallest absolute Gasteiger partial charge is 0.0693 e. The van der Waals surface area contributed by atoms with Gasteiger partial charge in [0.1, 0.15) is 0 Å². The predicted molar refractivity (Wildman–Crippen MR) is 78.1 cm³/mol. The number of hydrogen-bond acceptors (Lipinski definition) is 2. The molecule has 0 unspecified atom stereocenters. The molecule has 0 amide bonds. The molecule has 0 heterocycles. The first-order valence-electron chi connectivity index (χ1n) is 6.76. The molecule has 3 atom stereocenters. The summed E-state index contributed by atoms with van der Waals surface area (Å²) in [6.45, 7) is 2.17. The lowest BCUT2D eigenvalue weighted by Crippen LogP contribution is -2.40. The summed E-state index contributed by atoms with van der Waals surface area (Å²) in [7, 11) is 0. The fourth-order valence-corrected chi connectivity index (χ4v) is 2.64. The van der Waals surface area contributed by atoms with Gasteiger partial charge in [0.2, 0.25) is 0 Å². The molecule has 1 aromatic carbocycles. The minimum Gasteiger partial charge on any atom is -0.392 e. The zero-order chi connectivity index (χ0) is 12.1. The highest BCUT2D eigenvalue weighted by Crippen LogP contribution is 2.21. The molecular formula is C15H24ClNO. The van der Waals surface area contributed by atoms with E-state index in [-0.39, 0.29) is 24.6 Å². The fourth-order valence-electron chi connectivity index (χ4n) is 2.64. The van der Waals surface area contributed by atoms with E-state index in [0.717, 1.165) is 12.8 Å². The largest absolute Gasteiger partial charge is 0.392 e. The molecule has 1 fully saturated rings. The van der Waals surface area contributed by atoms with Gasteiger partial charge in [-0.25, -0.2) is 0 Å². The first kappa shape index (κ1) is 15.5. The molecule has 18 heavy (non-hydrogen) atoms. The summed E-state index contributed by atoms with van der Waals surface area (Å²) in [6, 6.07) is 11.0. The summed E-state index contributed by atoms with van der Waals surface area (Å²) in [5, 5.41) is 13.7. The topological polar surface area (TPSA) is 32.3 Å². The van der Waals surface area contributed by atoms with Crippen molar-refractivity contribution in [2.24, 2.45) is 0 Å². The number of aliphatic hydroxyl groups is 1. The lowest BCUT2D eigenvalue weighted by molar-refractivity contribution is 0.115. The van der Waals surface area contributed by atoms with Gasteiger partial charge in [0.05, 0.1) is 6.10 Å². The van der Waals surface area contributed by atoms with Gasteiger partial charge in [-0.05, 0) is 25.3 Å². The van der Waals surface area contributed by atoms with Gasteiger partial charge in [-0.15, -0.1) is 12.4 Å². The number of nitrogens with one attached hydrogen (secondary N) is 1. The van der Waals surface area contributed by atoms with Gasteiger partial charge < -0.3 is 10.4 Å².